The summed E-state index contributed by atoms with van der Waals surface area (Å²) in [6, 6.07) is 1.80. The van der Waals surface area contributed by atoms with Gasteiger partial charge in [0, 0.05) is 5.38 Å². The molecular weight excluding hydrogens is 303 g/mol. The van der Waals surface area contributed by atoms with Gasteiger partial charge in [0.15, 0.2) is 0 Å². The number of unbranched alkanes of at least 4 members (excludes halogenated alkanes) is 9. The summed E-state index contributed by atoms with van der Waals surface area (Å²) >= 11 is 1.52. The Kier molecular flexibility index (Phi) is 11.9. The second-order valence-electron chi connectivity index (χ2n) is 5.34. The highest BCUT2D eigenvalue weighted by Gasteiger charge is 2.02. The molecule has 21 heavy (non-hydrogen) atoms. The van der Waals surface area contributed by atoms with E-state index in [1.54, 1.807) is 6.07 Å². The Morgan fingerprint density at radius 3 is 2.19 bits per heavy atom. The van der Waals surface area contributed by atoms with Gasteiger partial charge in [0.2, 0.25) is 0 Å². The third kappa shape index (κ3) is 11.0. The minimum Gasteiger partial charge on any atom is -0.425 e. The largest absolute Gasteiger partial charge is 0.425 e. The molecule has 122 valence electrons. The monoisotopic (exact) mass is 332 g/mol. The van der Waals surface area contributed by atoms with Crippen molar-refractivity contribution in [1.82, 2.24) is 0 Å². The third-order valence-corrected chi connectivity index (χ3v) is 4.92. The maximum atomic E-state index is 11.5. The van der Waals surface area contributed by atoms with Gasteiger partial charge >= 0.3 is 8.25 Å². The molecule has 3 nitrogen and oxygen atoms in total. The predicted molar refractivity (Wildman–Crippen MR) is 91.7 cm³/mol. The van der Waals surface area contributed by atoms with E-state index in [1.807, 2.05) is 10.8 Å². The van der Waals surface area contributed by atoms with E-state index in [0.29, 0.717) is 12.4 Å². The van der Waals surface area contributed by atoms with Crippen LogP contribution in [0.4, 0.5) is 0 Å². The van der Waals surface area contributed by atoms with Gasteiger partial charge in [0.25, 0.3) is 0 Å². The van der Waals surface area contributed by atoms with Crippen molar-refractivity contribution in [2.45, 2.75) is 71.1 Å². The molecule has 0 fully saturated rings. The molecule has 0 aliphatic rings. The molecule has 0 saturated carbocycles. The molecule has 5 heteroatoms. The van der Waals surface area contributed by atoms with Crippen LogP contribution in [0.2, 0.25) is 0 Å². The van der Waals surface area contributed by atoms with Crippen molar-refractivity contribution in [1.29, 1.82) is 0 Å². The molecule has 0 bridgehead atoms. The summed E-state index contributed by atoms with van der Waals surface area (Å²) < 4.78 is 21.9. The van der Waals surface area contributed by atoms with Crippen molar-refractivity contribution in [3.63, 3.8) is 0 Å². The molecule has 0 radical (unpaired) electrons. The van der Waals surface area contributed by atoms with E-state index in [1.165, 1.54) is 62.7 Å². The fraction of sp³-hybridized carbons (Fsp3) is 0.750. The number of hydrogen-bond acceptors (Lipinski definition) is 4. The molecule has 1 unspecified atom stereocenters. The number of rotatable bonds is 14. The first-order chi connectivity index (χ1) is 10.3. The minimum atomic E-state index is -2.37. The van der Waals surface area contributed by atoms with Crippen molar-refractivity contribution in [2.75, 3.05) is 6.61 Å². The summed E-state index contributed by atoms with van der Waals surface area (Å²) in [7, 11) is -2.37. The highest BCUT2D eigenvalue weighted by Crippen LogP contribution is 2.29. The lowest BCUT2D eigenvalue weighted by Gasteiger charge is -2.05. The standard InChI is InChI=1S/C16H29O3PS/c1-2-3-4-5-6-7-8-9-10-11-13-18-20(17)19-16-12-14-21-15-16/h12,14-15,20H,2-11,13H2,1H3. The van der Waals surface area contributed by atoms with Gasteiger partial charge in [-0.25, -0.2) is 4.57 Å². The van der Waals surface area contributed by atoms with Gasteiger partial charge < -0.3 is 9.05 Å². The van der Waals surface area contributed by atoms with Crippen molar-refractivity contribution < 1.29 is 13.6 Å². The van der Waals surface area contributed by atoms with Crippen LogP contribution in [0, 0.1) is 0 Å². The van der Waals surface area contributed by atoms with Gasteiger partial charge in [-0.2, -0.15) is 0 Å². The first kappa shape index (κ1) is 18.7. The molecule has 0 amide bonds. The van der Waals surface area contributed by atoms with Gasteiger partial charge in [-0.15, -0.1) is 11.3 Å². The van der Waals surface area contributed by atoms with E-state index in [9.17, 15) is 4.57 Å². The van der Waals surface area contributed by atoms with Crippen LogP contribution in [0.3, 0.4) is 0 Å². The van der Waals surface area contributed by atoms with Crippen molar-refractivity contribution in [3.8, 4) is 5.75 Å². The van der Waals surface area contributed by atoms with Crippen LogP contribution in [-0.2, 0) is 9.09 Å². The molecule has 0 spiro atoms. The highest BCUT2D eigenvalue weighted by atomic mass is 32.1. The summed E-state index contributed by atoms with van der Waals surface area (Å²) in [6.07, 6.45) is 12.9. The Labute approximate surface area is 134 Å². The summed E-state index contributed by atoms with van der Waals surface area (Å²) in [5.74, 6) is 0.645. The molecule has 1 rings (SSSR count). The lowest BCUT2D eigenvalue weighted by atomic mass is 10.1. The Hall–Kier alpha value is -0.310. The normalized spacial score (nSPS) is 12.4. The van der Waals surface area contributed by atoms with Crippen LogP contribution in [0.25, 0.3) is 0 Å². The van der Waals surface area contributed by atoms with E-state index in [-0.39, 0.29) is 0 Å². The molecule has 1 aromatic rings. The fourth-order valence-corrected chi connectivity index (χ4v) is 3.51. The van der Waals surface area contributed by atoms with Crippen LogP contribution in [-0.4, -0.2) is 6.61 Å². The van der Waals surface area contributed by atoms with Gasteiger partial charge in [-0.1, -0.05) is 64.7 Å². The van der Waals surface area contributed by atoms with E-state index >= 15 is 0 Å². The van der Waals surface area contributed by atoms with Crippen LogP contribution in [0.5, 0.6) is 5.75 Å². The quantitative estimate of drug-likeness (QED) is 0.290. The van der Waals surface area contributed by atoms with Gasteiger partial charge in [-0.05, 0) is 17.9 Å². The van der Waals surface area contributed by atoms with Crippen molar-refractivity contribution in [3.05, 3.63) is 16.8 Å². The number of hydrogen-bond donors (Lipinski definition) is 0. The maximum absolute atomic E-state index is 11.5. The minimum absolute atomic E-state index is 0.540. The zero-order valence-electron chi connectivity index (χ0n) is 13.1. The first-order valence-electron chi connectivity index (χ1n) is 8.19. The van der Waals surface area contributed by atoms with Gasteiger partial charge in [0.05, 0.1) is 6.61 Å². The number of thiophene rings is 1. The van der Waals surface area contributed by atoms with E-state index in [4.69, 9.17) is 9.05 Å². The molecule has 0 N–H and O–H groups in total. The SMILES string of the molecule is CCCCCCCCCCCCO[PH](=O)Oc1ccsc1. The summed E-state index contributed by atoms with van der Waals surface area (Å²) in [5.41, 5.74) is 0. The molecule has 0 aromatic carbocycles. The van der Waals surface area contributed by atoms with Crippen molar-refractivity contribution >= 4 is 19.6 Å². The molecule has 0 aliphatic heterocycles. The average molecular weight is 332 g/mol. The second kappa shape index (κ2) is 13.4. The maximum Gasteiger partial charge on any atom is 0.367 e. The summed E-state index contributed by atoms with van der Waals surface area (Å²) in [4.78, 5) is 0. The highest BCUT2D eigenvalue weighted by molar-refractivity contribution is 7.33. The topological polar surface area (TPSA) is 35.5 Å². The molecule has 0 saturated heterocycles. The lowest BCUT2D eigenvalue weighted by molar-refractivity contribution is 0.277. The Balaban J connectivity index is 1.81. The Morgan fingerprint density at radius 1 is 1.00 bits per heavy atom. The zero-order chi connectivity index (χ0) is 15.2. The summed E-state index contributed by atoms with van der Waals surface area (Å²) in [6.45, 7) is 2.79. The van der Waals surface area contributed by atoms with Crippen LogP contribution < -0.4 is 4.52 Å². The smallest absolute Gasteiger partial charge is 0.367 e. The average Bonchev–Trinajstić information content (AvgIpc) is 2.97. The zero-order valence-corrected chi connectivity index (χ0v) is 15.0. The third-order valence-electron chi connectivity index (χ3n) is 3.41. The van der Waals surface area contributed by atoms with E-state index in [0.717, 1.165) is 12.8 Å². The lowest BCUT2D eigenvalue weighted by Crippen LogP contribution is -1.90. The van der Waals surface area contributed by atoms with Crippen LogP contribution >= 0.6 is 19.6 Å². The summed E-state index contributed by atoms with van der Waals surface area (Å²) in [5, 5.41) is 3.72. The van der Waals surface area contributed by atoms with E-state index < -0.39 is 8.25 Å². The van der Waals surface area contributed by atoms with Crippen molar-refractivity contribution in [2.24, 2.45) is 0 Å². The molecule has 1 aromatic heterocycles. The first-order valence-corrected chi connectivity index (χ1v) is 10.4. The second-order valence-corrected chi connectivity index (χ2v) is 7.11. The molecular formula is C16H29O3PS. The Morgan fingerprint density at radius 2 is 1.62 bits per heavy atom. The van der Waals surface area contributed by atoms with Crippen LogP contribution in [0.1, 0.15) is 71.1 Å². The van der Waals surface area contributed by atoms with Gasteiger partial charge in [0.1, 0.15) is 5.75 Å². The molecule has 0 aliphatic carbocycles. The van der Waals surface area contributed by atoms with Gasteiger partial charge in [-0.3, -0.25) is 0 Å². The van der Waals surface area contributed by atoms with E-state index in [2.05, 4.69) is 6.92 Å². The predicted octanol–water partition coefficient (Wildman–Crippen LogP) is 6.45. The fourth-order valence-electron chi connectivity index (χ4n) is 2.18. The Bertz CT molecular complexity index is 354. The molecule has 1 heterocycles. The molecule has 1 atom stereocenters. The van der Waals surface area contributed by atoms with Crippen LogP contribution in [0.15, 0.2) is 16.8 Å².